The van der Waals surface area contributed by atoms with Crippen molar-refractivity contribution in [2.75, 3.05) is 19.7 Å². The van der Waals surface area contributed by atoms with E-state index in [1.165, 1.54) is 28.6 Å². The van der Waals surface area contributed by atoms with Gasteiger partial charge in [0.05, 0.1) is 15.8 Å². The van der Waals surface area contributed by atoms with Crippen LogP contribution in [0.2, 0.25) is 0 Å². The number of aromatic nitrogens is 1. The quantitative estimate of drug-likeness (QED) is 0.280. The number of esters is 1. The summed E-state index contributed by atoms with van der Waals surface area (Å²) in [5, 5.41) is 4.69. The van der Waals surface area contributed by atoms with Crippen LogP contribution in [0.4, 0.5) is 0 Å². The fourth-order valence-electron chi connectivity index (χ4n) is 4.05. The lowest BCUT2D eigenvalue weighted by molar-refractivity contribution is 0.0475. The van der Waals surface area contributed by atoms with E-state index >= 15 is 0 Å². The van der Waals surface area contributed by atoms with Gasteiger partial charge in [0.1, 0.15) is 5.52 Å². The summed E-state index contributed by atoms with van der Waals surface area (Å²) in [5.41, 5.74) is 1.95. The summed E-state index contributed by atoms with van der Waals surface area (Å²) >= 11 is 0. The average molecular weight is 491 g/mol. The molecule has 1 aromatic heterocycles. The van der Waals surface area contributed by atoms with E-state index in [-0.39, 0.29) is 16.0 Å². The number of fused-ring (bicyclic) bond motifs is 1. The molecule has 0 amide bonds. The first-order valence-electron chi connectivity index (χ1n) is 11.2. The maximum absolute atomic E-state index is 12.6. The van der Waals surface area contributed by atoms with Gasteiger partial charge in [-0.15, -0.1) is 0 Å². The molecular formula is C26H22N2O6S. The van der Waals surface area contributed by atoms with Crippen molar-refractivity contribution >= 4 is 32.7 Å². The first-order chi connectivity index (χ1) is 16.9. The Balaban J connectivity index is 1.26. The number of ketones is 1. The van der Waals surface area contributed by atoms with E-state index < -0.39 is 28.4 Å². The molecule has 9 heteroatoms. The van der Waals surface area contributed by atoms with E-state index in [1.807, 2.05) is 30.3 Å². The van der Waals surface area contributed by atoms with E-state index in [9.17, 15) is 18.0 Å². The highest BCUT2D eigenvalue weighted by molar-refractivity contribution is 7.89. The van der Waals surface area contributed by atoms with Gasteiger partial charge in [-0.1, -0.05) is 35.5 Å². The minimum absolute atomic E-state index is 0.143. The van der Waals surface area contributed by atoms with Gasteiger partial charge in [0.15, 0.2) is 18.2 Å². The zero-order valence-corrected chi connectivity index (χ0v) is 19.5. The van der Waals surface area contributed by atoms with E-state index in [0.29, 0.717) is 29.8 Å². The van der Waals surface area contributed by atoms with E-state index in [1.54, 1.807) is 18.2 Å². The maximum Gasteiger partial charge on any atom is 0.338 e. The number of carbonyl (C=O) groups is 2. The van der Waals surface area contributed by atoms with Crippen LogP contribution in [0.5, 0.6) is 0 Å². The molecule has 1 fully saturated rings. The summed E-state index contributed by atoms with van der Waals surface area (Å²) in [6.45, 7) is 0.545. The van der Waals surface area contributed by atoms with Gasteiger partial charge < -0.3 is 9.26 Å². The molecule has 0 bridgehead atoms. The van der Waals surface area contributed by atoms with Crippen LogP contribution >= 0.6 is 0 Å². The summed E-state index contributed by atoms with van der Waals surface area (Å²) in [4.78, 5) is 25.3. The van der Waals surface area contributed by atoms with Crippen LogP contribution in [-0.4, -0.2) is 49.3 Å². The molecular weight excluding hydrogens is 468 g/mol. The van der Waals surface area contributed by atoms with Gasteiger partial charge in [-0.2, -0.15) is 4.31 Å². The molecule has 1 aliphatic rings. The number of benzene rings is 3. The number of hydrogen-bond donors (Lipinski definition) is 0. The Morgan fingerprint density at radius 2 is 1.60 bits per heavy atom. The average Bonchev–Trinajstić information content (AvgIpc) is 3.58. The van der Waals surface area contributed by atoms with Crippen molar-refractivity contribution in [1.29, 1.82) is 0 Å². The van der Waals surface area contributed by atoms with E-state index in [0.717, 1.165) is 18.4 Å². The Labute approximate surface area is 202 Å². The molecule has 0 N–H and O–H groups in total. The molecule has 178 valence electrons. The topological polar surface area (TPSA) is 107 Å². The highest BCUT2D eigenvalue weighted by Crippen LogP contribution is 2.29. The van der Waals surface area contributed by atoms with Crippen molar-refractivity contribution in [2.24, 2.45) is 0 Å². The molecule has 35 heavy (non-hydrogen) atoms. The van der Waals surface area contributed by atoms with Crippen LogP contribution in [0.15, 0.2) is 82.2 Å². The van der Waals surface area contributed by atoms with Gasteiger partial charge in [0.2, 0.25) is 10.0 Å². The van der Waals surface area contributed by atoms with Crippen molar-refractivity contribution in [2.45, 2.75) is 17.7 Å². The molecule has 1 saturated heterocycles. The fourth-order valence-corrected chi connectivity index (χ4v) is 5.57. The number of nitrogens with zero attached hydrogens (tertiary/aromatic N) is 2. The minimum Gasteiger partial charge on any atom is -0.454 e. The summed E-state index contributed by atoms with van der Waals surface area (Å²) in [5.74, 6) is -0.552. The highest BCUT2D eigenvalue weighted by atomic mass is 32.2. The molecule has 4 aromatic rings. The zero-order valence-electron chi connectivity index (χ0n) is 18.7. The summed E-state index contributed by atoms with van der Waals surface area (Å²) < 4.78 is 37.4. The molecule has 0 radical (unpaired) electrons. The summed E-state index contributed by atoms with van der Waals surface area (Å²) in [6.07, 6.45) is 1.69. The van der Waals surface area contributed by atoms with Crippen molar-refractivity contribution in [1.82, 2.24) is 9.46 Å². The first kappa shape index (κ1) is 22.9. The van der Waals surface area contributed by atoms with Crippen molar-refractivity contribution < 1.29 is 27.3 Å². The Hall–Kier alpha value is -3.82. The Bertz CT molecular complexity index is 1490. The highest BCUT2D eigenvalue weighted by Gasteiger charge is 2.27. The lowest BCUT2D eigenvalue weighted by Gasteiger charge is -2.15. The van der Waals surface area contributed by atoms with Gasteiger partial charge in [0.25, 0.3) is 0 Å². The molecule has 0 unspecified atom stereocenters. The number of carbonyl (C=O) groups excluding carboxylic acids is 2. The molecule has 0 aliphatic carbocycles. The zero-order chi connectivity index (χ0) is 24.4. The first-order valence-corrected chi connectivity index (χ1v) is 12.6. The lowest BCUT2D eigenvalue weighted by atomic mass is 10.1. The van der Waals surface area contributed by atoms with Crippen LogP contribution in [0, 0.1) is 0 Å². The van der Waals surface area contributed by atoms with Crippen molar-refractivity contribution in [3.05, 3.63) is 83.9 Å². The normalized spacial score (nSPS) is 14.3. The second-order valence-corrected chi connectivity index (χ2v) is 10.2. The van der Waals surface area contributed by atoms with Crippen LogP contribution in [0.3, 0.4) is 0 Å². The van der Waals surface area contributed by atoms with Gasteiger partial charge in [-0.05, 0) is 55.3 Å². The van der Waals surface area contributed by atoms with Crippen molar-refractivity contribution in [3.8, 4) is 11.3 Å². The molecule has 2 heterocycles. The van der Waals surface area contributed by atoms with Gasteiger partial charge in [-0.3, -0.25) is 4.79 Å². The molecule has 0 saturated carbocycles. The van der Waals surface area contributed by atoms with Crippen LogP contribution in [0.25, 0.3) is 22.2 Å². The fraction of sp³-hybridized carbons (Fsp3) is 0.192. The monoisotopic (exact) mass is 490 g/mol. The van der Waals surface area contributed by atoms with Crippen LogP contribution < -0.4 is 0 Å². The van der Waals surface area contributed by atoms with Crippen LogP contribution in [0.1, 0.15) is 33.6 Å². The second kappa shape index (κ2) is 9.44. The lowest BCUT2D eigenvalue weighted by Crippen LogP contribution is -2.27. The third kappa shape index (κ3) is 4.60. The molecule has 1 aliphatic heterocycles. The largest absolute Gasteiger partial charge is 0.454 e. The second-order valence-electron chi connectivity index (χ2n) is 8.24. The Kier molecular flexibility index (Phi) is 6.19. The third-order valence-corrected chi connectivity index (χ3v) is 7.87. The number of sulfonamides is 1. The van der Waals surface area contributed by atoms with Gasteiger partial charge in [-0.25, -0.2) is 13.2 Å². The number of ether oxygens (including phenoxy) is 1. The smallest absolute Gasteiger partial charge is 0.338 e. The number of Topliss-reactive ketones (excluding diaryl/α,β-unsaturated/α-hetero) is 1. The standard InChI is InChI=1S/C26H22N2O6S/c29-24(18-8-11-21(12-9-18)35(31,32)28-14-4-5-15-28)17-33-26(30)20-10-13-23-22(16-20)25(34-27-23)19-6-2-1-3-7-19/h1-3,6-13,16H,4-5,14-15,17H2. The predicted octanol–water partition coefficient (Wildman–Crippen LogP) is 4.32. The summed E-state index contributed by atoms with van der Waals surface area (Å²) in [6, 6.07) is 19.9. The third-order valence-electron chi connectivity index (χ3n) is 5.96. The number of hydrogen-bond acceptors (Lipinski definition) is 7. The molecule has 5 rings (SSSR count). The molecule has 0 spiro atoms. The molecule has 0 atom stereocenters. The predicted molar refractivity (Wildman–Crippen MR) is 128 cm³/mol. The Morgan fingerprint density at radius 3 is 2.31 bits per heavy atom. The van der Waals surface area contributed by atoms with E-state index in [4.69, 9.17) is 9.26 Å². The Morgan fingerprint density at radius 1 is 0.914 bits per heavy atom. The van der Waals surface area contributed by atoms with E-state index in [2.05, 4.69) is 5.16 Å². The SMILES string of the molecule is O=C(COC(=O)c1ccc2noc(-c3ccccc3)c2c1)c1ccc(S(=O)(=O)N2CCCC2)cc1. The van der Waals surface area contributed by atoms with Gasteiger partial charge >= 0.3 is 5.97 Å². The summed E-state index contributed by atoms with van der Waals surface area (Å²) in [7, 11) is -3.56. The van der Waals surface area contributed by atoms with Gasteiger partial charge in [0, 0.05) is 24.2 Å². The van der Waals surface area contributed by atoms with Crippen molar-refractivity contribution in [3.63, 3.8) is 0 Å². The number of rotatable bonds is 7. The molecule has 3 aromatic carbocycles. The van der Waals surface area contributed by atoms with Crippen LogP contribution in [-0.2, 0) is 14.8 Å². The maximum atomic E-state index is 12.6. The minimum atomic E-state index is -3.56. The molecule has 8 nitrogen and oxygen atoms in total.